The molecule has 6 nitrogen and oxygen atoms in total. The predicted molar refractivity (Wildman–Crippen MR) is 114 cm³/mol. The van der Waals surface area contributed by atoms with E-state index in [0.29, 0.717) is 24.1 Å². The lowest BCUT2D eigenvalue weighted by molar-refractivity contribution is -0.136. The van der Waals surface area contributed by atoms with Crippen molar-refractivity contribution in [1.29, 1.82) is 0 Å². The van der Waals surface area contributed by atoms with Crippen LogP contribution < -0.4 is 5.73 Å². The molecule has 33 heavy (non-hydrogen) atoms. The van der Waals surface area contributed by atoms with Crippen molar-refractivity contribution in [1.82, 2.24) is 10.3 Å². The monoisotopic (exact) mass is 455 g/mol. The Morgan fingerprint density at radius 1 is 0.970 bits per heavy atom. The summed E-state index contributed by atoms with van der Waals surface area (Å²) in [5, 5.41) is 17.4. The minimum absolute atomic E-state index is 0.0444. The van der Waals surface area contributed by atoms with Crippen LogP contribution in [0.3, 0.4) is 0 Å². The van der Waals surface area contributed by atoms with Crippen molar-refractivity contribution in [2.24, 2.45) is 5.73 Å². The van der Waals surface area contributed by atoms with Gasteiger partial charge in [0.1, 0.15) is 11.3 Å². The van der Waals surface area contributed by atoms with Gasteiger partial charge in [-0.3, -0.25) is 0 Å². The molecule has 3 N–H and O–H groups in total. The van der Waals surface area contributed by atoms with Crippen LogP contribution in [0.2, 0.25) is 0 Å². The number of fused-ring (bicyclic) bond motifs is 3. The average Bonchev–Trinajstić information content (AvgIpc) is 3.43. The quantitative estimate of drug-likeness (QED) is 0.452. The van der Waals surface area contributed by atoms with Gasteiger partial charge in [-0.2, -0.15) is 13.2 Å². The van der Waals surface area contributed by atoms with E-state index in [-0.39, 0.29) is 23.7 Å². The van der Waals surface area contributed by atoms with Crippen LogP contribution in [0.25, 0.3) is 34.0 Å². The lowest BCUT2D eigenvalue weighted by Crippen LogP contribution is -2.37. The highest BCUT2D eigenvalue weighted by atomic mass is 19.4. The largest absolute Gasteiger partial charge is 0.422 e. The Morgan fingerprint density at radius 3 is 2.36 bits per heavy atom. The maximum Gasteiger partial charge on any atom is 0.422 e. The van der Waals surface area contributed by atoms with Crippen molar-refractivity contribution >= 4 is 0 Å². The molecule has 0 unspecified atom stereocenters. The molecule has 0 radical (unpaired) electrons. The molecule has 2 aromatic carbocycles. The van der Waals surface area contributed by atoms with Gasteiger partial charge in [-0.25, -0.2) is 0 Å². The molecule has 1 aliphatic carbocycles. The second kappa shape index (κ2) is 7.57. The highest BCUT2D eigenvalue weighted by Gasteiger charge is 2.43. The van der Waals surface area contributed by atoms with E-state index >= 15 is 0 Å². The van der Waals surface area contributed by atoms with Crippen LogP contribution in [0, 0.1) is 0 Å². The number of hydrogen-bond donors (Lipinski definition) is 2. The topological polar surface area (TPSA) is 98.3 Å². The lowest BCUT2D eigenvalue weighted by Gasteiger charge is -2.25. The summed E-state index contributed by atoms with van der Waals surface area (Å²) in [6, 6.07) is 13.5. The SMILES string of the molecule is C[C@](N)(CO)c1ccc2c(c1)CCc1c-2noc1-c1noc(-c2ccccc2)c1C(F)(F)F. The number of aliphatic hydroxyl groups excluding tert-OH is 1. The summed E-state index contributed by atoms with van der Waals surface area (Å²) in [6.45, 7) is 1.51. The van der Waals surface area contributed by atoms with E-state index in [2.05, 4.69) is 10.3 Å². The van der Waals surface area contributed by atoms with E-state index in [1.54, 1.807) is 37.3 Å². The number of aromatic nitrogens is 2. The Bertz CT molecular complexity index is 1320. The number of hydrogen-bond acceptors (Lipinski definition) is 6. The molecule has 0 spiro atoms. The summed E-state index contributed by atoms with van der Waals surface area (Å²) in [6.07, 6.45) is -3.75. The highest BCUT2D eigenvalue weighted by Crippen LogP contribution is 2.46. The Hall–Kier alpha value is -3.43. The van der Waals surface area contributed by atoms with Crippen LogP contribution in [0.5, 0.6) is 0 Å². The summed E-state index contributed by atoms with van der Waals surface area (Å²) in [5.74, 6) is -0.410. The van der Waals surface area contributed by atoms with Crippen molar-refractivity contribution in [3.8, 4) is 34.0 Å². The molecule has 170 valence electrons. The molecular formula is C24H20F3N3O3. The summed E-state index contributed by atoms with van der Waals surface area (Å²) in [4.78, 5) is 0. The van der Waals surface area contributed by atoms with E-state index < -0.39 is 23.0 Å². The maximum atomic E-state index is 14.1. The molecule has 0 fully saturated rings. The van der Waals surface area contributed by atoms with Crippen LogP contribution in [-0.4, -0.2) is 22.0 Å². The fraction of sp³-hybridized carbons (Fsp3) is 0.250. The van der Waals surface area contributed by atoms with E-state index in [0.717, 1.165) is 16.7 Å². The summed E-state index contributed by atoms with van der Waals surface area (Å²) in [7, 11) is 0. The van der Waals surface area contributed by atoms with Crippen LogP contribution >= 0.6 is 0 Å². The van der Waals surface area contributed by atoms with Crippen molar-refractivity contribution in [2.45, 2.75) is 31.5 Å². The molecule has 0 bridgehead atoms. The number of nitrogens with two attached hydrogens (primary N) is 1. The van der Waals surface area contributed by atoms with Gasteiger partial charge in [0.2, 0.25) is 0 Å². The molecule has 0 amide bonds. The number of rotatable bonds is 4. The van der Waals surface area contributed by atoms with E-state index in [9.17, 15) is 18.3 Å². The first-order valence-corrected chi connectivity index (χ1v) is 10.4. The van der Waals surface area contributed by atoms with Gasteiger partial charge in [0, 0.05) is 16.7 Å². The maximum absolute atomic E-state index is 14.1. The first-order chi connectivity index (χ1) is 15.7. The van der Waals surface area contributed by atoms with Crippen LogP contribution in [0.1, 0.15) is 29.2 Å². The lowest BCUT2D eigenvalue weighted by atomic mass is 9.84. The van der Waals surface area contributed by atoms with Crippen molar-refractivity contribution in [3.63, 3.8) is 0 Å². The number of alkyl halides is 3. The standard InChI is InChI=1S/C24H20F3N3O3/c1-23(28,12-31)15-8-10-16-14(11-15)7-9-17-19(16)29-33-22(17)20-18(24(25,26)27)21(32-30-20)13-5-3-2-4-6-13/h2-6,8,10-11,31H,7,9,12,28H2,1H3/t23-/m0/s1. The van der Waals surface area contributed by atoms with Crippen LogP contribution in [-0.2, 0) is 24.6 Å². The number of aliphatic hydroxyl groups is 1. The fourth-order valence-corrected chi connectivity index (χ4v) is 4.17. The summed E-state index contributed by atoms with van der Waals surface area (Å²) >= 11 is 0. The summed E-state index contributed by atoms with van der Waals surface area (Å²) < 4.78 is 52.8. The van der Waals surface area contributed by atoms with Gasteiger partial charge >= 0.3 is 6.18 Å². The molecule has 1 atom stereocenters. The number of nitrogens with zero attached hydrogens (tertiary/aromatic N) is 2. The van der Waals surface area contributed by atoms with Crippen molar-refractivity contribution in [3.05, 3.63) is 70.8 Å². The molecule has 2 heterocycles. The fourth-order valence-electron chi connectivity index (χ4n) is 4.17. The zero-order valence-electron chi connectivity index (χ0n) is 17.6. The van der Waals surface area contributed by atoms with Gasteiger partial charge in [0.25, 0.3) is 0 Å². The molecule has 0 saturated heterocycles. The molecule has 1 aliphatic rings. The molecule has 0 saturated carbocycles. The predicted octanol–water partition coefficient (Wildman–Crippen LogP) is 4.95. The van der Waals surface area contributed by atoms with Gasteiger partial charge in [0.05, 0.1) is 12.1 Å². The minimum Gasteiger partial charge on any atom is -0.394 e. The third kappa shape index (κ3) is 3.53. The minimum atomic E-state index is -4.71. The normalized spacial score (nSPS) is 15.1. The number of halogens is 3. The Kier molecular flexibility index (Phi) is 4.91. The molecule has 0 aliphatic heterocycles. The van der Waals surface area contributed by atoms with Crippen LogP contribution in [0.15, 0.2) is 57.6 Å². The highest BCUT2D eigenvalue weighted by molar-refractivity contribution is 5.79. The third-order valence-corrected chi connectivity index (χ3v) is 6.01. The zero-order valence-corrected chi connectivity index (χ0v) is 17.6. The molecule has 4 aromatic rings. The van der Waals surface area contributed by atoms with Crippen LogP contribution in [0.4, 0.5) is 13.2 Å². The molecule has 5 rings (SSSR count). The molecular weight excluding hydrogens is 435 g/mol. The van der Waals surface area contributed by atoms with Gasteiger partial charge in [-0.1, -0.05) is 58.8 Å². The molecule has 2 aromatic heterocycles. The van der Waals surface area contributed by atoms with E-state index in [4.69, 9.17) is 14.8 Å². The third-order valence-electron chi connectivity index (χ3n) is 6.01. The van der Waals surface area contributed by atoms with Crippen molar-refractivity contribution < 1.29 is 27.3 Å². The van der Waals surface area contributed by atoms with Gasteiger partial charge in [0.15, 0.2) is 17.2 Å². The number of aryl methyl sites for hydroxylation is 1. The first kappa shape index (κ1) is 21.4. The first-order valence-electron chi connectivity index (χ1n) is 10.4. The Balaban J connectivity index is 1.62. The number of benzene rings is 2. The van der Waals surface area contributed by atoms with E-state index in [1.807, 2.05) is 6.07 Å². The zero-order chi connectivity index (χ0) is 23.4. The second-order valence-electron chi connectivity index (χ2n) is 8.39. The van der Waals surface area contributed by atoms with E-state index in [1.165, 1.54) is 12.1 Å². The smallest absolute Gasteiger partial charge is 0.394 e. The van der Waals surface area contributed by atoms with Crippen molar-refractivity contribution in [2.75, 3.05) is 6.61 Å². The Labute approximate surface area is 186 Å². The summed E-state index contributed by atoms with van der Waals surface area (Å²) in [5.41, 5.74) is 7.58. The average molecular weight is 455 g/mol. The second-order valence-corrected chi connectivity index (χ2v) is 8.39. The molecule has 9 heteroatoms. The Morgan fingerprint density at radius 2 is 1.67 bits per heavy atom. The van der Waals surface area contributed by atoms with Gasteiger partial charge in [-0.15, -0.1) is 0 Å². The van der Waals surface area contributed by atoms with Gasteiger partial charge in [-0.05, 0) is 30.9 Å². The van der Waals surface area contributed by atoms with Gasteiger partial charge < -0.3 is 19.9 Å².